The lowest BCUT2D eigenvalue weighted by molar-refractivity contribution is 0.0951. The van der Waals surface area contributed by atoms with Gasteiger partial charge in [-0.05, 0) is 52.7 Å². The minimum Gasteiger partial charge on any atom is -0.348 e. The number of aromatic nitrogens is 7. The van der Waals surface area contributed by atoms with Crippen molar-refractivity contribution in [1.29, 1.82) is 0 Å². The van der Waals surface area contributed by atoms with E-state index in [0.717, 1.165) is 22.6 Å². The van der Waals surface area contributed by atoms with Crippen LogP contribution in [-0.4, -0.2) is 40.6 Å². The number of amides is 1. The number of hydrogen-bond donors (Lipinski definition) is 1. The molecular weight excluding hydrogens is 344 g/mol. The van der Waals surface area contributed by atoms with Crippen LogP contribution in [0.5, 0.6) is 0 Å². The smallest absolute Gasteiger partial charge is 0.251 e. The molecule has 4 aromatic rings. The molecule has 0 saturated heterocycles. The summed E-state index contributed by atoms with van der Waals surface area (Å²) in [6.45, 7) is 2.30. The average Bonchev–Trinajstić information content (AvgIpc) is 3.40. The minimum atomic E-state index is -0.153. The highest BCUT2D eigenvalue weighted by Crippen LogP contribution is 2.14. The van der Waals surface area contributed by atoms with Crippen LogP contribution in [0.3, 0.4) is 0 Å². The molecule has 134 valence electrons. The molecule has 9 heteroatoms. The first-order chi connectivity index (χ1) is 13.2. The van der Waals surface area contributed by atoms with Crippen molar-refractivity contribution in [3.05, 3.63) is 78.3 Å². The quantitative estimate of drug-likeness (QED) is 0.578. The summed E-state index contributed by atoms with van der Waals surface area (Å²) >= 11 is 0. The number of rotatable bonds is 5. The van der Waals surface area contributed by atoms with Gasteiger partial charge in [0.25, 0.3) is 5.91 Å². The molecule has 0 aliphatic carbocycles. The second kappa shape index (κ2) is 7.16. The van der Waals surface area contributed by atoms with E-state index in [1.165, 1.54) is 6.33 Å². The van der Waals surface area contributed by atoms with Gasteiger partial charge in [0.15, 0.2) is 0 Å². The molecule has 0 fully saturated rings. The first-order valence-corrected chi connectivity index (χ1v) is 8.26. The van der Waals surface area contributed by atoms with Crippen LogP contribution in [-0.2, 0) is 6.54 Å². The van der Waals surface area contributed by atoms with Gasteiger partial charge in [-0.1, -0.05) is 6.07 Å². The normalized spacial score (nSPS) is 10.7. The third-order valence-corrected chi connectivity index (χ3v) is 4.09. The predicted octanol–water partition coefficient (Wildman–Crippen LogP) is 1.48. The van der Waals surface area contributed by atoms with Crippen LogP contribution in [0.25, 0.3) is 11.5 Å². The van der Waals surface area contributed by atoms with Gasteiger partial charge in [0, 0.05) is 30.7 Å². The van der Waals surface area contributed by atoms with Crippen molar-refractivity contribution in [2.75, 3.05) is 0 Å². The Morgan fingerprint density at radius 2 is 2.11 bits per heavy atom. The van der Waals surface area contributed by atoms with E-state index in [2.05, 4.69) is 30.8 Å². The highest BCUT2D eigenvalue weighted by Gasteiger charge is 2.09. The topological polar surface area (TPSA) is 103 Å². The number of pyridine rings is 1. The lowest BCUT2D eigenvalue weighted by atomic mass is 10.1. The van der Waals surface area contributed by atoms with Gasteiger partial charge in [0.05, 0.1) is 5.69 Å². The minimum absolute atomic E-state index is 0.153. The number of hydrogen-bond acceptors (Lipinski definition) is 6. The second-order valence-electron chi connectivity index (χ2n) is 5.93. The molecular formula is C18H16N8O. The predicted molar refractivity (Wildman–Crippen MR) is 96.4 cm³/mol. The molecule has 0 bridgehead atoms. The third-order valence-electron chi connectivity index (χ3n) is 4.09. The Bertz CT molecular complexity index is 1040. The molecule has 27 heavy (non-hydrogen) atoms. The Morgan fingerprint density at radius 1 is 1.19 bits per heavy atom. The fourth-order valence-electron chi connectivity index (χ4n) is 2.68. The Kier molecular flexibility index (Phi) is 4.40. The van der Waals surface area contributed by atoms with Crippen molar-refractivity contribution in [2.45, 2.75) is 13.5 Å². The number of benzene rings is 1. The Morgan fingerprint density at radius 3 is 2.78 bits per heavy atom. The van der Waals surface area contributed by atoms with E-state index in [1.54, 1.807) is 29.5 Å². The summed E-state index contributed by atoms with van der Waals surface area (Å²) in [5, 5.41) is 14.0. The zero-order valence-corrected chi connectivity index (χ0v) is 14.5. The average molecular weight is 360 g/mol. The lowest BCUT2D eigenvalue weighted by Gasteiger charge is -2.09. The van der Waals surface area contributed by atoms with Gasteiger partial charge in [0.2, 0.25) is 0 Å². The Hall–Kier alpha value is -3.88. The summed E-state index contributed by atoms with van der Waals surface area (Å²) in [5.41, 5.74) is 3.22. The summed E-state index contributed by atoms with van der Waals surface area (Å²) in [7, 11) is 0. The fraction of sp³-hybridized carbons (Fsp3) is 0.111. The molecule has 0 atom stereocenters. The van der Waals surface area contributed by atoms with Crippen molar-refractivity contribution in [3.8, 4) is 11.5 Å². The molecule has 1 amide bonds. The van der Waals surface area contributed by atoms with Gasteiger partial charge < -0.3 is 5.32 Å². The van der Waals surface area contributed by atoms with E-state index < -0.39 is 0 Å². The first kappa shape index (κ1) is 16.6. The Balaban J connectivity index is 1.41. The monoisotopic (exact) mass is 360 g/mol. The van der Waals surface area contributed by atoms with Gasteiger partial charge in [-0.3, -0.25) is 9.36 Å². The standard InChI is InChI=1S/C18H16N8O/c1-13-8-15(3-4-16(13)26-12-22-23-24-26)18(27)21-10-14-2-5-17(20-9-14)25-7-6-19-11-25/h2-9,11-12H,10H2,1H3,(H,21,27). The van der Waals surface area contributed by atoms with E-state index in [4.69, 9.17) is 0 Å². The molecule has 4 rings (SSSR count). The summed E-state index contributed by atoms with van der Waals surface area (Å²) < 4.78 is 3.38. The number of carbonyl (C=O) groups excluding carboxylic acids is 1. The van der Waals surface area contributed by atoms with Crippen LogP contribution in [0.1, 0.15) is 21.5 Å². The summed E-state index contributed by atoms with van der Waals surface area (Å²) in [6.07, 6.45) is 8.46. The summed E-state index contributed by atoms with van der Waals surface area (Å²) in [6, 6.07) is 9.19. The fourth-order valence-corrected chi connectivity index (χ4v) is 2.68. The molecule has 0 spiro atoms. The van der Waals surface area contributed by atoms with Crippen LogP contribution >= 0.6 is 0 Å². The van der Waals surface area contributed by atoms with Crippen molar-refractivity contribution in [1.82, 2.24) is 40.1 Å². The van der Waals surface area contributed by atoms with Crippen molar-refractivity contribution >= 4 is 5.91 Å². The zero-order chi connectivity index (χ0) is 18.6. The van der Waals surface area contributed by atoms with Crippen LogP contribution in [0.15, 0.2) is 61.6 Å². The highest BCUT2D eigenvalue weighted by molar-refractivity contribution is 5.94. The number of imidazole rings is 1. The summed E-state index contributed by atoms with van der Waals surface area (Å²) in [4.78, 5) is 20.8. The van der Waals surface area contributed by atoms with E-state index in [0.29, 0.717) is 12.1 Å². The van der Waals surface area contributed by atoms with E-state index >= 15 is 0 Å². The maximum Gasteiger partial charge on any atom is 0.251 e. The molecule has 9 nitrogen and oxygen atoms in total. The Labute approximate surface area is 154 Å². The van der Waals surface area contributed by atoms with Crippen LogP contribution in [0.4, 0.5) is 0 Å². The molecule has 0 radical (unpaired) electrons. The van der Waals surface area contributed by atoms with E-state index in [9.17, 15) is 4.79 Å². The largest absolute Gasteiger partial charge is 0.348 e. The first-order valence-electron chi connectivity index (χ1n) is 8.26. The molecule has 0 aliphatic rings. The van der Waals surface area contributed by atoms with Crippen LogP contribution in [0.2, 0.25) is 0 Å². The number of nitrogens with zero attached hydrogens (tertiary/aromatic N) is 7. The molecule has 1 aromatic carbocycles. The van der Waals surface area contributed by atoms with Gasteiger partial charge >= 0.3 is 0 Å². The molecule has 3 aromatic heterocycles. The number of tetrazole rings is 1. The highest BCUT2D eigenvalue weighted by atomic mass is 16.1. The second-order valence-corrected chi connectivity index (χ2v) is 5.93. The number of nitrogens with one attached hydrogen (secondary N) is 1. The summed E-state index contributed by atoms with van der Waals surface area (Å²) in [5.74, 6) is 0.622. The SMILES string of the molecule is Cc1cc(C(=O)NCc2ccc(-n3ccnc3)nc2)ccc1-n1cnnn1. The van der Waals surface area contributed by atoms with E-state index in [1.807, 2.05) is 42.0 Å². The van der Waals surface area contributed by atoms with Crippen LogP contribution < -0.4 is 5.32 Å². The van der Waals surface area contributed by atoms with Gasteiger partial charge in [-0.25, -0.2) is 14.6 Å². The van der Waals surface area contributed by atoms with Crippen molar-refractivity contribution in [3.63, 3.8) is 0 Å². The van der Waals surface area contributed by atoms with Gasteiger partial charge in [0.1, 0.15) is 18.5 Å². The van der Waals surface area contributed by atoms with Crippen LogP contribution in [0, 0.1) is 6.92 Å². The molecule has 3 heterocycles. The zero-order valence-electron chi connectivity index (χ0n) is 14.5. The van der Waals surface area contributed by atoms with Gasteiger partial charge in [-0.2, -0.15) is 0 Å². The maximum absolute atomic E-state index is 12.4. The van der Waals surface area contributed by atoms with Gasteiger partial charge in [-0.15, -0.1) is 5.10 Å². The third kappa shape index (κ3) is 3.56. The molecule has 0 aliphatic heterocycles. The molecule has 0 saturated carbocycles. The molecule has 1 N–H and O–H groups in total. The maximum atomic E-state index is 12.4. The molecule has 0 unspecified atom stereocenters. The lowest BCUT2D eigenvalue weighted by Crippen LogP contribution is -2.23. The van der Waals surface area contributed by atoms with Crippen molar-refractivity contribution < 1.29 is 4.79 Å². The van der Waals surface area contributed by atoms with Crippen molar-refractivity contribution in [2.24, 2.45) is 0 Å². The number of aryl methyl sites for hydroxylation is 1. The number of carbonyl (C=O) groups is 1. The van der Waals surface area contributed by atoms with E-state index in [-0.39, 0.29) is 5.91 Å².